The van der Waals surface area contributed by atoms with Crippen molar-refractivity contribution in [1.82, 2.24) is 5.43 Å². The molecule has 0 unspecified atom stereocenters. The fourth-order valence-electron chi connectivity index (χ4n) is 1.71. The number of halogens is 1. The lowest BCUT2D eigenvalue weighted by atomic mass is 10.2. The molecule has 0 aliphatic rings. The van der Waals surface area contributed by atoms with E-state index in [9.17, 15) is 4.79 Å². The summed E-state index contributed by atoms with van der Waals surface area (Å²) in [4.78, 5) is 13.4. The van der Waals surface area contributed by atoms with Gasteiger partial charge in [-0.15, -0.1) is 0 Å². The van der Waals surface area contributed by atoms with E-state index >= 15 is 0 Å². The molecule has 0 radical (unpaired) electrons. The zero-order valence-electron chi connectivity index (χ0n) is 12.3. The van der Waals surface area contributed by atoms with Gasteiger partial charge in [0.15, 0.2) is 0 Å². The van der Waals surface area contributed by atoms with Crippen LogP contribution in [0.15, 0.2) is 53.6 Å². The minimum absolute atomic E-state index is 0.341. The Balaban J connectivity index is 1.93. The number of methoxy groups -OCH3 is 1. The van der Waals surface area contributed by atoms with Gasteiger partial charge in [-0.2, -0.15) is 5.10 Å². The second kappa shape index (κ2) is 7.47. The van der Waals surface area contributed by atoms with Crippen LogP contribution in [0.1, 0.15) is 5.56 Å². The van der Waals surface area contributed by atoms with Gasteiger partial charge in [0.1, 0.15) is 5.75 Å². The fourth-order valence-corrected chi connectivity index (χ4v) is 1.83. The smallest absolute Gasteiger partial charge is 0.341 e. The molecular weight excluding hydrogens is 302 g/mol. The van der Waals surface area contributed by atoms with E-state index in [1.54, 1.807) is 44.6 Å². The number of rotatable bonds is 4. The van der Waals surface area contributed by atoms with Crippen LogP contribution in [-0.4, -0.2) is 26.4 Å². The molecule has 2 aromatic carbocycles. The number of hydrogen-bond acceptors (Lipinski definition) is 3. The summed E-state index contributed by atoms with van der Waals surface area (Å²) >= 11 is 5.82. The third kappa shape index (κ3) is 4.23. The monoisotopic (exact) mass is 317 g/mol. The number of ether oxygens (including phenoxy) is 1. The Hall–Kier alpha value is -2.53. The van der Waals surface area contributed by atoms with Crippen LogP contribution in [0.25, 0.3) is 0 Å². The quantitative estimate of drug-likeness (QED) is 0.693. The molecule has 0 atom stereocenters. The van der Waals surface area contributed by atoms with Crippen LogP contribution in [0.5, 0.6) is 5.75 Å². The molecule has 0 saturated carbocycles. The van der Waals surface area contributed by atoms with Crippen LogP contribution in [0.3, 0.4) is 0 Å². The zero-order valence-corrected chi connectivity index (χ0v) is 13.0. The van der Waals surface area contributed by atoms with Crippen molar-refractivity contribution in [2.24, 2.45) is 5.10 Å². The van der Waals surface area contributed by atoms with Gasteiger partial charge in [-0.25, -0.2) is 10.2 Å². The first kappa shape index (κ1) is 15.9. The standard InChI is InChI=1S/C16H16ClN3O2/c1-20(14-7-5-13(17)6-8-14)16(21)19-18-11-12-3-9-15(22-2)10-4-12/h3-11H,1-2H3,(H,19,21)/b18-11+. The number of carbonyl (C=O) groups excluding carboxylic acids is 1. The van der Waals surface area contributed by atoms with E-state index in [-0.39, 0.29) is 6.03 Å². The SMILES string of the molecule is COc1ccc(/C=N/NC(=O)N(C)c2ccc(Cl)cc2)cc1. The molecule has 2 amide bonds. The summed E-state index contributed by atoms with van der Waals surface area (Å²) in [6.45, 7) is 0. The topological polar surface area (TPSA) is 53.9 Å². The van der Waals surface area contributed by atoms with Crippen LogP contribution >= 0.6 is 11.6 Å². The predicted octanol–water partition coefficient (Wildman–Crippen LogP) is 3.53. The van der Waals surface area contributed by atoms with Gasteiger partial charge in [0.2, 0.25) is 0 Å². The second-order valence-electron chi connectivity index (χ2n) is 4.48. The molecule has 0 fully saturated rings. The lowest BCUT2D eigenvalue weighted by Crippen LogP contribution is -2.34. The Morgan fingerprint density at radius 2 is 1.82 bits per heavy atom. The minimum Gasteiger partial charge on any atom is -0.497 e. The normalized spacial score (nSPS) is 10.5. The van der Waals surface area contributed by atoms with Gasteiger partial charge in [0, 0.05) is 17.8 Å². The number of nitrogens with zero attached hydrogens (tertiary/aromatic N) is 2. The van der Waals surface area contributed by atoms with Crippen molar-refractivity contribution in [2.45, 2.75) is 0 Å². The lowest BCUT2D eigenvalue weighted by Gasteiger charge is -2.16. The highest BCUT2D eigenvalue weighted by atomic mass is 35.5. The predicted molar refractivity (Wildman–Crippen MR) is 89.0 cm³/mol. The molecule has 2 rings (SSSR count). The number of urea groups is 1. The Kier molecular flexibility index (Phi) is 5.38. The maximum absolute atomic E-state index is 12.0. The van der Waals surface area contributed by atoms with Crippen LogP contribution in [0, 0.1) is 0 Å². The van der Waals surface area contributed by atoms with Gasteiger partial charge in [-0.05, 0) is 54.1 Å². The highest BCUT2D eigenvalue weighted by molar-refractivity contribution is 6.30. The van der Waals surface area contributed by atoms with Crippen molar-refractivity contribution in [3.8, 4) is 5.75 Å². The molecule has 0 saturated heterocycles. The van der Waals surface area contributed by atoms with Gasteiger partial charge in [-0.1, -0.05) is 11.6 Å². The molecule has 0 aliphatic heterocycles. The van der Waals surface area contributed by atoms with E-state index in [0.717, 1.165) is 17.0 Å². The van der Waals surface area contributed by atoms with Crippen molar-refractivity contribution < 1.29 is 9.53 Å². The molecule has 0 heterocycles. The molecule has 6 heteroatoms. The van der Waals surface area contributed by atoms with Gasteiger partial charge in [0.25, 0.3) is 0 Å². The van der Waals surface area contributed by atoms with Crippen LogP contribution < -0.4 is 15.1 Å². The Labute approximate surface area is 134 Å². The third-order valence-electron chi connectivity index (χ3n) is 3.01. The summed E-state index contributed by atoms with van der Waals surface area (Å²) in [5.41, 5.74) is 4.05. The molecule has 0 aromatic heterocycles. The number of anilines is 1. The molecule has 5 nitrogen and oxygen atoms in total. The molecule has 0 spiro atoms. The van der Waals surface area contributed by atoms with Gasteiger partial charge >= 0.3 is 6.03 Å². The van der Waals surface area contributed by atoms with E-state index in [1.165, 1.54) is 4.90 Å². The number of nitrogens with one attached hydrogen (secondary N) is 1. The van der Waals surface area contributed by atoms with E-state index in [0.29, 0.717) is 5.02 Å². The summed E-state index contributed by atoms with van der Waals surface area (Å²) in [5, 5.41) is 4.55. The maximum atomic E-state index is 12.0. The number of carbonyl (C=O) groups is 1. The molecule has 2 aromatic rings. The number of hydrogen-bond donors (Lipinski definition) is 1. The van der Waals surface area contributed by atoms with E-state index in [1.807, 2.05) is 24.3 Å². The summed E-state index contributed by atoms with van der Waals surface area (Å²) < 4.78 is 5.07. The van der Waals surface area contributed by atoms with Crippen molar-refractivity contribution in [1.29, 1.82) is 0 Å². The molecular formula is C16H16ClN3O2. The van der Waals surface area contributed by atoms with E-state index < -0.39 is 0 Å². The van der Waals surface area contributed by atoms with Crippen molar-refractivity contribution in [2.75, 3.05) is 19.1 Å². The average molecular weight is 318 g/mol. The van der Waals surface area contributed by atoms with Crippen LogP contribution in [-0.2, 0) is 0 Å². The largest absolute Gasteiger partial charge is 0.497 e. The summed E-state index contributed by atoms with van der Waals surface area (Å²) in [7, 11) is 3.26. The fraction of sp³-hybridized carbons (Fsp3) is 0.125. The summed E-state index contributed by atoms with van der Waals surface area (Å²) in [6.07, 6.45) is 1.56. The summed E-state index contributed by atoms with van der Waals surface area (Å²) in [5.74, 6) is 0.767. The Morgan fingerprint density at radius 3 is 2.41 bits per heavy atom. The highest BCUT2D eigenvalue weighted by Gasteiger charge is 2.09. The highest BCUT2D eigenvalue weighted by Crippen LogP contribution is 2.16. The third-order valence-corrected chi connectivity index (χ3v) is 3.26. The Bertz CT molecular complexity index is 654. The van der Waals surface area contributed by atoms with E-state index in [4.69, 9.17) is 16.3 Å². The van der Waals surface area contributed by atoms with E-state index in [2.05, 4.69) is 10.5 Å². The van der Waals surface area contributed by atoms with Gasteiger partial charge in [-0.3, -0.25) is 4.90 Å². The van der Waals surface area contributed by atoms with Gasteiger partial charge < -0.3 is 4.74 Å². The first-order valence-corrected chi connectivity index (χ1v) is 6.94. The lowest BCUT2D eigenvalue weighted by molar-refractivity contribution is 0.248. The van der Waals surface area contributed by atoms with Crippen molar-refractivity contribution in [3.63, 3.8) is 0 Å². The summed E-state index contributed by atoms with van der Waals surface area (Å²) in [6, 6.07) is 14.0. The first-order chi connectivity index (χ1) is 10.6. The van der Waals surface area contributed by atoms with Crippen LogP contribution in [0.2, 0.25) is 5.02 Å². The molecule has 1 N–H and O–H groups in total. The van der Waals surface area contributed by atoms with Crippen LogP contribution in [0.4, 0.5) is 10.5 Å². The molecule has 114 valence electrons. The minimum atomic E-state index is -0.341. The average Bonchev–Trinajstić information content (AvgIpc) is 2.55. The zero-order chi connectivity index (χ0) is 15.9. The maximum Gasteiger partial charge on any atom is 0.341 e. The van der Waals surface area contributed by atoms with Gasteiger partial charge in [0.05, 0.1) is 13.3 Å². The molecule has 0 aliphatic carbocycles. The van der Waals surface area contributed by atoms with Crippen molar-refractivity contribution >= 4 is 29.5 Å². The number of amides is 2. The molecule has 0 bridgehead atoms. The molecule has 22 heavy (non-hydrogen) atoms. The number of benzene rings is 2. The Morgan fingerprint density at radius 1 is 1.18 bits per heavy atom. The first-order valence-electron chi connectivity index (χ1n) is 6.56. The van der Waals surface area contributed by atoms with Crippen molar-refractivity contribution in [3.05, 3.63) is 59.1 Å². The number of hydrazone groups is 1. The second-order valence-corrected chi connectivity index (χ2v) is 4.92.